The second kappa shape index (κ2) is 2.38. The average Bonchev–Trinajstić information content (AvgIpc) is 1.85. The first kappa shape index (κ1) is 6.60. The van der Waals surface area contributed by atoms with Crippen molar-refractivity contribution in [2.75, 3.05) is 12.8 Å². The molecule has 0 aliphatic carbocycles. The molecule has 0 spiro atoms. The van der Waals surface area contributed by atoms with Crippen LogP contribution in [0, 0.1) is 0 Å². The topological polar surface area (TPSA) is 81.0 Å². The second-order valence-electron chi connectivity index (χ2n) is 1.68. The van der Waals surface area contributed by atoms with E-state index >= 15 is 0 Å². The van der Waals surface area contributed by atoms with Crippen LogP contribution in [-0.4, -0.2) is 17.1 Å². The largest absolute Gasteiger partial charge is 0.481 e. The maximum Gasteiger partial charge on any atom is 0.349 e. The Balaban J connectivity index is 3.19. The summed E-state index contributed by atoms with van der Waals surface area (Å²) in [6.07, 6.45) is 0. The van der Waals surface area contributed by atoms with Crippen LogP contribution in [0.5, 0.6) is 5.88 Å². The van der Waals surface area contributed by atoms with Gasteiger partial charge in [0.15, 0.2) is 0 Å². The van der Waals surface area contributed by atoms with Crippen LogP contribution in [0.25, 0.3) is 0 Å². The predicted octanol–water partition coefficient (Wildman–Crippen LogP) is -0.639. The van der Waals surface area contributed by atoms with Crippen LogP contribution < -0.4 is 16.2 Å². The zero-order valence-electron chi connectivity index (χ0n) is 5.42. The van der Waals surface area contributed by atoms with Gasteiger partial charge in [0.25, 0.3) is 0 Å². The summed E-state index contributed by atoms with van der Waals surface area (Å²) in [4.78, 5) is 16.3. The number of nitrogens with one attached hydrogen (secondary N) is 1. The number of hydrogen-bond acceptors (Lipinski definition) is 4. The fraction of sp³-hybridized carbons (Fsp3) is 0.200. The summed E-state index contributed by atoms with van der Waals surface area (Å²) in [6.45, 7) is 0. The third-order valence-electron chi connectivity index (χ3n) is 0.951. The van der Waals surface area contributed by atoms with Crippen molar-refractivity contribution >= 4 is 5.82 Å². The first-order valence-electron chi connectivity index (χ1n) is 2.63. The van der Waals surface area contributed by atoms with Crippen molar-refractivity contribution in [3.8, 4) is 5.88 Å². The number of nitrogen functional groups attached to an aromatic ring is 1. The summed E-state index contributed by atoms with van der Waals surface area (Å²) in [5, 5.41) is 0. The maximum absolute atomic E-state index is 10.5. The van der Waals surface area contributed by atoms with Crippen molar-refractivity contribution in [1.82, 2.24) is 9.97 Å². The molecule has 0 amide bonds. The molecule has 0 atom stereocenters. The Kier molecular flexibility index (Phi) is 1.57. The zero-order valence-corrected chi connectivity index (χ0v) is 5.42. The number of rotatable bonds is 1. The lowest BCUT2D eigenvalue weighted by Gasteiger charge is -1.96. The number of aromatic nitrogens is 2. The molecule has 0 radical (unpaired) electrons. The van der Waals surface area contributed by atoms with E-state index in [0.717, 1.165) is 0 Å². The number of ether oxygens (including phenoxy) is 1. The van der Waals surface area contributed by atoms with Gasteiger partial charge in [-0.25, -0.2) is 4.79 Å². The Labute approximate surface area is 56.9 Å². The molecular formula is C5H7N3O2. The Bertz CT molecular complexity index is 280. The summed E-state index contributed by atoms with van der Waals surface area (Å²) >= 11 is 0. The van der Waals surface area contributed by atoms with Gasteiger partial charge in [-0.3, -0.25) is 4.98 Å². The van der Waals surface area contributed by atoms with Gasteiger partial charge in [0.1, 0.15) is 5.82 Å². The number of methoxy groups -OCH3 is 1. The minimum Gasteiger partial charge on any atom is -0.481 e. The molecule has 10 heavy (non-hydrogen) atoms. The highest BCUT2D eigenvalue weighted by atomic mass is 16.5. The number of anilines is 1. The minimum atomic E-state index is -0.503. The van der Waals surface area contributed by atoms with E-state index in [4.69, 9.17) is 5.73 Å². The van der Waals surface area contributed by atoms with Gasteiger partial charge in [-0.05, 0) is 0 Å². The number of hydrogen-bond donors (Lipinski definition) is 2. The summed E-state index contributed by atoms with van der Waals surface area (Å²) in [5.74, 6) is 0.470. The zero-order chi connectivity index (χ0) is 7.56. The van der Waals surface area contributed by atoms with Crippen molar-refractivity contribution in [3.63, 3.8) is 0 Å². The fourth-order valence-electron chi connectivity index (χ4n) is 0.557. The number of aromatic amines is 1. The summed E-state index contributed by atoms with van der Waals surface area (Å²) in [6, 6.07) is 1.43. The lowest BCUT2D eigenvalue weighted by Crippen LogP contribution is -2.12. The molecular weight excluding hydrogens is 134 g/mol. The first-order chi connectivity index (χ1) is 4.72. The summed E-state index contributed by atoms with van der Waals surface area (Å²) in [5.41, 5.74) is 4.76. The van der Waals surface area contributed by atoms with Crippen LogP contribution in [0.1, 0.15) is 0 Å². The van der Waals surface area contributed by atoms with Crippen LogP contribution in [0.4, 0.5) is 5.82 Å². The fourth-order valence-corrected chi connectivity index (χ4v) is 0.557. The third-order valence-corrected chi connectivity index (χ3v) is 0.951. The van der Waals surface area contributed by atoms with E-state index in [1.54, 1.807) is 0 Å². The molecule has 0 bridgehead atoms. The molecule has 1 aromatic rings. The molecule has 0 aliphatic rings. The van der Waals surface area contributed by atoms with Crippen molar-refractivity contribution in [1.29, 1.82) is 0 Å². The molecule has 5 nitrogen and oxygen atoms in total. The van der Waals surface area contributed by atoms with Crippen LogP contribution in [0.2, 0.25) is 0 Å². The van der Waals surface area contributed by atoms with E-state index in [2.05, 4.69) is 14.7 Å². The van der Waals surface area contributed by atoms with Crippen molar-refractivity contribution in [2.24, 2.45) is 0 Å². The van der Waals surface area contributed by atoms with Crippen molar-refractivity contribution < 1.29 is 4.74 Å². The Morgan fingerprint density at radius 2 is 2.50 bits per heavy atom. The lowest BCUT2D eigenvalue weighted by molar-refractivity contribution is 0.395. The lowest BCUT2D eigenvalue weighted by atomic mass is 10.6. The highest BCUT2D eigenvalue weighted by Crippen LogP contribution is 2.02. The quantitative estimate of drug-likeness (QED) is 0.545. The van der Waals surface area contributed by atoms with E-state index in [0.29, 0.717) is 0 Å². The van der Waals surface area contributed by atoms with Crippen LogP contribution in [0.3, 0.4) is 0 Å². The van der Waals surface area contributed by atoms with Gasteiger partial charge < -0.3 is 10.5 Å². The van der Waals surface area contributed by atoms with Gasteiger partial charge in [0.2, 0.25) is 5.88 Å². The molecule has 0 saturated heterocycles. The standard InChI is InChI=1S/C5H7N3O2/c1-10-4-2-3(6)7-5(9)8-4/h2H,1H3,(H3,6,7,8,9). The van der Waals surface area contributed by atoms with Gasteiger partial charge >= 0.3 is 5.69 Å². The molecule has 54 valence electrons. The highest BCUT2D eigenvalue weighted by molar-refractivity contribution is 5.30. The smallest absolute Gasteiger partial charge is 0.349 e. The number of H-pyrrole nitrogens is 1. The van der Waals surface area contributed by atoms with E-state index in [1.165, 1.54) is 13.2 Å². The SMILES string of the molecule is COc1cc(N)[nH]c(=O)n1. The normalized spacial score (nSPS) is 9.30. The molecule has 1 heterocycles. The predicted molar refractivity (Wildman–Crippen MR) is 35.8 cm³/mol. The first-order valence-corrected chi connectivity index (χ1v) is 2.63. The molecule has 3 N–H and O–H groups in total. The van der Waals surface area contributed by atoms with E-state index in [-0.39, 0.29) is 11.7 Å². The van der Waals surface area contributed by atoms with E-state index in [1.807, 2.05) is 0 Å². The second-order valence-corrected chi connectivity index (χ2v) is 1.68. The monoisotopic (exact) mass is 141 g/mol. The third kappa shape index (κ3) is 1.25. The van der Waals surface area contributed by atoms with Crippen molar-refractivity contribution in [3.05, 3.63) is 16.6 Å². The van der Waals surface area contributed by atoms with E-state index in [9.17, 15) is 4.79 Å². The average molecular weight is 141 g/mol. The van der Waals surface area contributed by atoms with Crippen molar-refractivity contribution in [2.45, 2.75) is 0 Å². The molecule has 5 heteroatoms. The highest BCUT2D eigenvalue weighted by Gasteiger charge is 1.94. The molecule has 0 aliphatic heterocycles. The molecule has 0 aromatic carbocycles. The maximum atomic E-state index is 10.5. The van der Waals surface area contributed by atoms with E-state index < -0.39 is 5.69 Å². The van der Waals surface area contributed by atoms with Gasteiger partial charge in [-0.15, -0.1) is 0 Å². The van der Waals surface area contributed by atoms with Crippen LogP contribution >= 0.6 is 0 Å². The molecule has 0 saturated carbocycles. The Morgan fingerprint density at radius 3 is 3.00 bits per heavy atom. The van der Waals surface area contributed by atoms with Crippen LogP contribution in [-0.2, 0) is 0 Å². The number of nitrogens with zero attached hydrogens (tertiary/aromatic N) is 1. The molecule has 1 aromatic heterocycles. The van der Waals surface area contributed by atoms with Gasteiger partial charge in [0, 0.05) is 6.07 Å². The molecule has 0 unspecified atom stereocenters. The molecule has 1 rings (SSSR count). The Hall–Kier alpha value is -1.52. The van der Waals surface area contributed by atoms with Crippen LogP contribution in [0.15, 0.2) is 10.9 Å². The van der Waals surface area contributed by atoms with Gasteiger partial charge in [0.05, 0.1) is 7.11 Å². The summed E-state index contributed by atoms with van der Waals surface area (Å²) in [7, 11) is 1.42. The van der Waals surface area contributed by atoms with Gasteiger partial charge in [-0.2, -0.15) is 4.98 Å². The molecule has 0 fully saturated rings. The minimum absolute atomic E-state index is 0.223. The van der Waals surface area contributed by atoms with Gasteiger partial charge in [-0.1, -0.05) is 0 Å². The summed E-state index contributed by atoms with van der Waals surface area (Å²) < 4.78 is 4.66. The number of nitrogens with two attached hydrogens (primary N) is 1. The Morgan fingerprint density at radius 1 is 1.80 bits per heavy atom.